The van der Waals surface area contributed by atoms with Crippen LogP contribution in [-0.4, -0.2) is 114 Å². The number of phenolic OH excluding ortho intramolecular Hbond substituents is 1. The van der Waals surface area contributed by atoms with Crippen LogP contribution >= 0.6 is 0 Å². The van der Waals surface area contributed by atoms with Gasteiger partial charge in [-0.15, -0.1) is 0 Å². The van der Waals surface area contributed by atoms with E-state index in [1.54, 1.807) is 42.5 Å². The summed E-state index contributed by atoms with van der Waals surface area (Å²) in [5.41, 5.74) is 23.2. The second-order valence-electron chi connectivity index (χ2n) is 13.1. The summed E-state index contributed by atoms with van der Waals surface area (Å²) < 4.78 is 0. The maximum absolute atomic E-state index is 13.6. The van der Waals surface area contributed by atoms with Crippen molar-refractivity contribution in [1.82, 2.24) is 31.5 Å². The molecule has 19 heteroatoms. The van der Waals surface area contributed by atoms with E-state index in [1.165, 1.54) is 24.0 Å². The largest absolute Gasteiger partial charge is 0.508 e. The Morgan fingerprint density at radius 1 is 0.818 bits per heavy atom. The average Bonchev–Trinajstić information content (AvgIpc) is 3.65. The molecule has 1 aliphatic heterocycles. The third-order valence-corrected chi connectivity index (χ3v) is 8.77. The number of nitrogens with zero attached hydrogens (tertiary/aromatic N) is 2. The molecule has 0 saturated carbocycles. The van der Waals surface area contributed by atoms with Crippen molar-refractivity contribution in [3.8, 4) is 5.75 Å². The number of hydrogen-bond donors (Lipinski definition) is 10. The second kappa shape index (κ2) is 21.5. The van der Waals surface area contributed by atoms with Gasteiger partial charge in [0.25, 0.3) is 0 Å². The highest BCUT2D eigenvalue weighted by molar-refractivity contribution is 5.96. The number of hydrogen-bond acceptors (Lipinski definition) is 10. The summed E-state index contributed by atoms with van der Waals surface area (Å²) in [7, 11) is 0. The molecule has 19 nitrogen and oxygen atoms in total. The fraction of sp³-hybridized carbons (Fsp3) is 0.444. The highest BCUT2D eigenvalue weighted by Crippen LogP contribution is 2.17. The molecule has 0 bridgehead atoms. The Kier molecular flexibility index (Phi) is 16.8. The monoisotopic (exact) mass is 765 g/mol. The molecular weight excluding hydrogens is 714 g/mol. The fourth-order valence-electron chi connectivity index (χ4n) is 5.86. The van der Waals surface area contributed by atoms with Gasteiger partial charge in [-0.25, -0.2) is 0 Å². The summed E-state index contributed by atoms with van der Waals surface area (Å²) in [4.78, 5) is 95.9. The number of nitrogens with two attached hydrogens (primary N) is 4. The summed E-state index contributed by atoms with van der Waals surface area (Å²) in [6.45, 7) is 1.14. The molecule has 55 heavy (non-hydrogen) atoms. The topological polar surface area (TPSA) is 320 Å². The first-order valence-electron chi connectivity index (χ1n) is 17.8. The van der Waals surface area contributed by atoms with Crippen LogP contribution in [0, 0.1) is 0 Å². The molecule has 1 aliphatic rings. The first-order chi connectivity index (χ1) is 26.2. The SMILES string of the molecule is C[C@H](NC(=O)[C@H](CCCN=C(N)N)NC(=O)CNC(=O)[C@@H]1CCCN1C(=O)CN)C(=O)N[C@@H](Cc1ccccc1)C(=O)N[C@@H](Cc1ccc(O)cc1)C(N)=O. The quantitative estimate of drug-likeness (QED) is 0.0362. The molecule has 0 radical (unpaired) electrons. The predicted molar refractivity (Wildman–Crippen MR) is 201 cm³/mol. The van der Waals surface area contributed by atoms with Crippen molar-refractivity contribution < 1.29 is 38.7 Å². The van der Waals surface area contributed by atoms with Crippen LogP contribution < -0.4 is 49.5 Å². The number of benzene rings is 2. The summed E-state index contributed by atoms with van der Waals surface area (Å²) in [5, 5.41) is 22.4. The van der Waals surface area contributed by atoms with Crippen LogP contribution in [0.3, 0.4) is 0 Å². The van der Waals surface area contributed by atoms with E-state index in [0.717, 1.165) is 0 Å². The Bertz CT molecular complexity index is 1690. The number of likely N-dealkylation sites (tertiary alicyclic amines) is 1. The van der Waals surface area contributed by atoms with E-state index in [-0.39, 0.29) is 56.4 Å². The first kappa shape index (κ1) is 43.2. The molecule has 3 rings (SSSR count). The minimum Gasteiger partial charge on any atom is -0.508 e. The molecule has 7 amide bonds. The maximum atomic E-state index is 13.6. The maximum Gasteiger partial charge on any atom is 0.243 e. The van der Waals surface area contributed by atoms with Gasteiger partial charge in [0.2, 0.25) is 41.4 Å². The van der Waals surface area contributed by atoms with Gasteiger partial charge in [-0.3, -0.25) is 38.6 Å². The van der Waals surface area contributed by atoms with Crippen molar-refractivity contribution >= 4 is 47.3 Å². The third kappa shape index (κ3) is 14.3. The van der Waals surface area contributed by atoms with Crippen LogP contribution in [0.1, 0.15) is 43.7 Å². The Balaban J connectivity index is 1.68. The van der Waals surface area contributed by atoms with Crippen molar-refractivity contribution in [2.75, 3.05) is 26.2 Å². The number of phenols is 1. The molecule has 14 N–H and O–H groups in total. The lowest BCUT2D eigenvalue weighted by atomic mass is 10.0. The van der Waals surface area contributed by atoms with E-state index in [1.807, 2.05) is 0 Å². The molecule has 1 heterocycles. The Labute approximate surface area is 318 Å². The minimum absolute atomic E-state index is 0.0206. The van der Waals surface area contributed by atoms with E-state index in [9.17, 15) is 38.7 Å². The molecule has 0 aliphatic carbocycles. The first-order valence-corrected chi connectivity index (χ1v) is 17.8. The highest BCUT2D eigenvalue weighted by Gasteiger charge is 2.34. The molecule has 298 valence electrons. The van der Waals surface area contributed by atoms with Gasteiger partial charge < -0.3 is 59.5 Å². The molecule has 0 unspecified atom stereocenters. The number of carbonyl (C=O) groups is 7. The summed E-state index contributed by atoms with van der Waals surface area (Å²) in [5.74, 6) is -4.79. The van der Waals surface area contributed by atoms with E-state index in [0.29, 0.717) is 30.5 Å². The highest BCUT2D eigenvalue weighted by atomic mass is 16.3. The zero-order chi connectivity index (χ0) is 40.5. The Hall–Kier alpha value is -6.24. The van der Waals surface area contributed by atoms with Gasteiger partial charge in [0.1, 0.15) is 36.0 Å². The predicted octanol–water partition coefficient (Wildman–Crippen LogP) is -3.26. The average molecular weight is 766 g/mol. The number of amides is 7. The minimum atomic E-state index is -1.22. The van der Waals surface area contributed by atoms with E-state index >= 15 is 0 Å². The third-order valence-electron chi connectivity index (χ3n) is 8.77. The van der Waals surface area contributed by atoms with Crippen molar-refractivity contribution in [3.05, 3.63) is 65.7 Å². The zero-order valence-corrected chi connectivity index (χ0v) is 30.7. The zero-order valence-electron chi connectivity index (χ0n) is 30.7. The van der Waals surface area contributed by atoms with Gasteiger partial charge in [0.15, 0.2) is 5.96 Å². The molecule has 1 saturated heterocycles. The summed E-state index contributed by atoms with van der Waals surface area (Å²) >= 11 is 0. The van der Waals surface area contributed by atoms with Crippen LogP contribution in [0.15, 0.2) is 59.6 Å². The number of carbonyl (C=O) groups excluding carboxylic acids is 7. The normalized spacial score (nSPS) is 15.7. The van der Waals surface area contributed by atoms with Crippen molar-refractivity contribution in [2.24, 2.45) is 27.9 Å². The van der Waals surface area contributed by atoms with Crippen molar-refractivity contribution in [2.45, 2.75) is 75.7 Å². The van der Waals surface area contributed by atoms with Gasteiger partial charge >= 0.3 is 0 Å². The molecule has 1 fully saturated rings. The molecule has 0 spiro atoms. The lowest BCUT2D eigenvalue weighted by molar-refractivity contribution is -0.138. The number of aromatic hydroxyl groups is 1. The lowest BCUT2D eigenvalue weighted by Crippen LogP contribution is -2.58. The molecule has 2 aromatic carbocycles. The van der Waals surface area contributed by atoms with E-state index < -0.39 is 72.2 Å². The number of aliphatic imine (C=N–C) groups is 1. The second-order valence-corrected chi connectivity index (χ2v) is 13.1. The van der Waals surface area contributed by atoms with Crippen molar-refractivity contribution in [1.29, 1.82) is 0 Å². The molecule has 0 aromatic heterocycles. The number of rotatable bonds is 20. The van der Waals surface area contributed by atoms with Gasteiger partial charge in [-0.1, -0.05) is 42.5 Å². The standard InChI is InChI=1S/C36H51N11O8/c1-21(32(52)46-27(18-22-7-3-2-4-8-22)34(54)45-26(31(38)51)17-23-11-13-24(48)14-12-23)43-33(53)25(9-5-15-41-36(39)40)44-29(49)20-42-35(55)28-10-6-16-47(28)30(50)19-37/h2-4,7-8,11-14,21,25-28,48H,5-6,9-10,15-20,37H2,1H3,(H2,38,51)(H,42,55)(H,43,53)(H,44,49)(H,45,54)(H,46,52)(H4,39,40,41)/t21-,25-,26-,27-,28-/m0/s1. The van der Waals surface area contributed by atoms with E-state index in [4.69, 9.17) is 22.9 Å². The molecule has 5 atom stereocenters. The number of primary amides is 1. The van der Waals surface area contributed by atoms with Crippen LogP contribution in [0.2, 0.25) is 0 Å². The molecular formula is C36H51N11O8. The fourth-order valence-corrected chi connectivity index (χ4v) is 5.86. The smallest absolute Gasteiger partial charge is 0.243 e. The summed E-state index contributed by atoms with van der Waals surface area (Å²) in [6.07, 6.45) is 1.37. The Morgan fingerprint density at radius 2 is 1.44 bits per heavy atom. The number of guanidine groups is 1. The van der Waals surface area contributed by atoms with Crippen LogP contribution in [0.4, 0.5) is 0 Å². The Morgan fingerprint density at radius 3 is 2.07 bits per heavy atom. The van der Waals surface area contributed by atoms with Crippen LogP contribution in [0.25, 0.3) is 0 Å². The van der Waals surface area contributed by atoms with Crippen LogP contribution in [0.5, 0.6) is 5.75 Å². The van der Waals surface area contributed by atoms with Gasteiger partial charge in [-0.05, 0) is 55.9 Å². The van der Waals surface area contributed by atoms with Gasteiger partial charge in [0.05, 0.1) is 13.1 Å². The van der Waals surface area contributed by atoms with Crippen LogP contribution in [-0.2, 0) is 46.4 Å². The lowest BCUT2D eigenvalue weighted by Gasteiger charge is -2.25. The summed E-state index contributed by atoms with van der Waals surface area (Å²) in [6, 6.07) is 9.29. The van der Waals surface area contributed by atoms with Gasteiger partial charge in [0, 0.05) is 25.9 Å². The molecule has 2 aromatic rings. The van der Waals surface area contributed by atoms with E-state index in [2.05, 4.69) is 31.6 Å². The number of nitrogens with one attached hydrogen (secondary N) is 5. The van der Waals surface area contributed by atoms with Crippen molar-refractivity contribution in [3.63, 3.8) is 0 Å². The van der Waals surface area contributed by atoms with Gasteiger partial charge in [-0.2, -0.15) is 0 Å².